The number of benzene rings is 4. The lowest BCUT2D eigenvalue weighted by atomic mass is 9.97. The first kappa shape index (κ1) is 35.2. The van der Waals surface area contributed by atoms with Crippen molar-refractivity contribution in [2.45, 2.75) is 39.0 Å². The van der Waals surface area contributed by atoms with Crippen LogP contribution in [0.3, 0.4) is 0 Å². The second-order valence-corrected chi connectivity index (χ2v) is 11.7. The quantitative estimate of drug-likeness (QED) is 0.0831. The van der Waals surface area contributed by atoms with Crippen molar-refractivity contribution in [3.8, 4) is 45.6 Å². The first-order valence-corrected chi connectivity index (χ1v) is 16.3. The normalized spacial score (nSPS) is 13.6. The predicted octanol–water partition coefficient (Wildman–Crippen LogP) is 4.70. The molecule has 1 aliphatic rings. The molecular weight excluding hydrogens is 658 g/mol. The number of ether oxygens (including phenoxy) is 4. The largest absolute Gasteiger partial charge is 0.497 e. The van der Waals surface area contributed by atoms with E-state index >= 15 is 0 Å². The monoisotopic (exact) mass is 697 g/mol. The van der Waals surface area contributed by atoms with Gasteiger partial charge in [0.2, 0.25) is 0 Å². The summed E-state index contributed by atoms with van der Waals surface area (Å²) in [4.78, 5) is 12.8. The van der Waals surface area contributed by atoms with E-state index in [-0.39, 0.29) is 32.3 Å². The molecule has 2 heterocycles. The van der Waals surface area contributed by atoms with Gasteiger partial charge in [0.05, 0.1) is 59.4 Å². The van der Waals surface area contributed by atoms with Crippen LogP contribution in [0.4, 0.5) is 5.69 Å². The highest BCUT2D eigenvalue weighted by molar-refractivity contribution is 6.02. The van der Waals surface area contributed by atoms with Gasteiger partial charge in [0.25, 0.3) is 5.91 Å². The van der Waals surface area contributed by atoms with Gasteiger partial charge in [0.15, 0.2) is 17.3 Å². The number of carbonyl (C=O) groups is 1. The average Bonchev–Trinajstić information content (AvgIpc) is 3.67. The number of hydrogen-bond donors (Lipinski definition) is 6. The summed E-state index contributed by atoms with van der Waals surface area (Å²) in [5, 5.41) is 49.8. The smallest absolute Gasteiger partial charge is 0.255 e. The van der Waals surface area contributed by atoms with Crippen LogP contribution in [0.15, 0.2) is 77.3 Å². The Morgan fingerprint density at radius 2 is 1.43 bits per heavy atom. The maximum absolute atomic E-state index is 12.8. The maximum atomic E-state index is 12.8. The van der Waals surface area contributed by atoms with Crippen molar-refractivity contribution in [3.63, 3.8) is 0 Å². The molecule has 1 unspecified atom stereocenters. The number of amides is 1. The zero-order chi connectivity index (χ0) is 35.9. The molecule has 5 aromatic rings. The Bertz CT molecular complexity index is 1990. The Morgan fingerprint density at radius 3 is 2.12 bits per heavy atom. The molecule has 6 N–H and O–H groups in total. The molecule has 0 spiro atoms. The van der Waals surface area contributed by atoms with E-state index in [0.717, 1.165) is 5.56 Å². The number of methoxy groups -OCH3 is 2. The molecule has 0 aliphatic carbocycles. The number of rotatable bonds is 15. The topological polar surface area (TPSA) is 185 Å². The Morgan fingerprint density at radius 1 is 0.706 bits per heavy atom. The molecule has 0 bridgehead atoms. The average molecular weight is 698 g/mol. The van der Waals surface area contributed by atoms with Crippen molar-refractivity contribution in [2.75, 3.05) is 32.8 Å². The third-order valence-electron chi connectivity index (χ3n) is 8.63. The lowest BCUT2D eigenvalue weighted by Gasteiger charge is -2.29. The Labute approximate surface area is 294 Å². The minimum Gasteiger partial charge on any atom is -0.497 e. The van der Waals surface area contributed by atoms with Crippen molar-refractivity contribution >= 4 is 11.6 Å². The first-order valence-electron chi connectivity index (χ1n) is 16.3. The van der Waals surface area contributed by atoms with Crippen LogP contribution in [0.2, 0.25) is 0 Å². The zero-order valence-corrected chi connectivity index (χ0v) is 28.1. The van der Waals surface area contributed by atoms with Crippen LogP contribution >= 0.6 is 0 Å². The van der Waals surface area contributed by atoms with Gasteiger partial charge in [-0.15, -0.1) is 0 Å². The van der Waals surface area contributed by atoms with Crippen LogP contribution in [-0.4, -0.2) is 58.9 Å². The highest BCUT2D eigenvalue weighted by Gasteiger charge is 2.26. The summed E-state index contributed by atoms with van der Waals surface area (Å²) >= 11 is 0. The van der Waals surface area contributed by atoms with Crippen molar-refractivity contribution < 1.29 is 48.7 Å². The van der Waals surface area contributed by atoms with E-state index in [1.807, 2.05) is 12.1 Å². The van der Waals surface area contributed by atoms with Crippen LogP contribution < -0.4 is 29.6 Å². The SMILES string of the molecule is COc1ccc2c(c1)C(=O)NC(c1ccc(OCCCOc3cc(-c4cc(-c5cc(CO)c(CO)c(CO)c5)no4)ccc3OC)c(CO)c1)N2. The van der Waals surface area contributed by atoms with E-state index in [0.29, 0.717) is 98.7 Å². The summed E-state index contributed by atoms with van der Waals surface area (Å²) in [5.74, 6) is 2.38. The van der Waals surface area contributed by atoms with Crippen LogP contribution in [-0.2, 0) is 26.4 Å². The van der Waals surface area contributed by atoms with Crippen molar-refractivity contribution in [2.24, 2.45) is 0 Å². The van der Waals surface area contributed by atoms with Gasteiger partial charge >= 0.3 is 0 Å². The van der Waals surface area contributed by atoms with Crippen LogP contribution in [0.25, 0.3) is 22.6 Å². The molecule has 1 atom stereocenters. The van der Waals surface area contributed by atoms with Gasteiger partial charge in [-0.05, 0) is 82.9 Å². The minimum absolute atomic E-state index is 0.230. The molecule has 0 saturated heterocycles. The molecule has 1 aliphatic heterocycles. The van der Waals surface area contributed by atoms with Gasteiger partial charge in [-0.25, -0.2) is 0 Å². The molecule has 0 saturated carbocycles. The predicted molar refractivity (Wildman–Crippen MR) is 186 cm³/mol. The number of aliphatic hydroxyl groups is 4. The van der Waals surface area contributed by atoms with Crippen LogP contribution in [0.1, 0.15) is 50.8 Å². The summed E-state index contributed by atoms with van der Waals surface area (Å²) in [6.45, 7) is -0.532. The molecule has 1 aromatic heterocycles. The molecule has 0 radical (unpaired) electrons. The third kappa shape index (κ3) is 7.61. The third-order valence-corrected chi connectivity index (χ3v) is 8.63. The molecule has 13 nitrogen and oxygen atoms in total. The van der Waals surface area contributed by atoms with Crippen LogP contribution in [0, 0.1) is 0 Å². The molecular formula is C38H39N3O10. The lowest BCUT2D eigenvalue weighted by Crippen LogP contribution is -2.38. The van der Waals surface area contributed by atoms with E-state index in [2.05, 4.69) is 15.8 Å². The Balaban J connectivity index is 1.07. The molecule has 6 rings (SSSR count). The number of anilines is 1. The fourth-order valence-electron chi connectivity index (χ4n) is 5.92. The zero-order valence-electron chi connectivity index (χ0n) is 28.1. The fourth-order valence-corrected chi connectivity index (χ4v) is 5.92. The molecule has 4 aromatic carbocycles. The van der Waals surface area contributed by atoms with E-state index in [4.69, 9.17) is 23.5 Å². The van der Waals surface area contributed by atoms with Crippen molar-refractivity contribution in [1.29, 1.82) is 0 Å². The summed E-state index contributed by atoms with van der Waals surface area (Å²) < 4.78 is 28.4. The number of aliphatic hydroxyl groups excluding tert-OH is 4. The standard InChI is InChI=1S/C38H39N3O10/c1-47-28-6-7-31-29(16-28)38(46)40-37(39-31)23-5-8-33(27(12-23)20-44)49-10-3-11-50-36-15-22(4-9-34(36)48-2)35-17-32(41-51-35)24-13-25(18-42)30(21-45)26(14-24)19-43/h4-9,12-17,37,39,42-45H,3,10-11,18-21H2,1-2H3,(H,40,46). The fraction of sp³-hybridized carbons (Fsp3) is 0.263. The van der Waals surface area contributed by atoms with E-state index in [1.54, 1.807) is 74.9 Å². The first-order chi connectivity index (χ1) is 24.9. The maximum Gasteiger partial charge on any atom is 0.255 e. The van der Waals surface area contributed by atoms with Gasteiger partial charge < -0.3 is 54.5 Å². The van der Waals surface area contributed by atoms with Crippen LogP contribution in [0.5, 0.6) is 23.0 Å². The minimum atomic E-state index is -0.489. The second kappa shape index (κ2) is 16.0. The molecule has 1 amide bonds. The van der Waals surface area contributed by atoms with E-state index in [1.165, 1.54) is 0 Å². The number of carbonyl (C=O) groups excluding carboxylic acids is 1. The van der Waals surface area contributed by atoms with Gasteiger partial charge in [0.1, 0.15) is 23.4 Å². The molecule has 266 valence electrons. The van der Waals surface area contributed by atoms with Gasteiger partial charge in [-0.3, -0.25) is 4.79 Å². The second-order valence-electron chi connectivity index (χ2n) is 11.7. The van der Waals surface area contributed by atoms with Gasteiger partial charge in [-0.1, -0.05) is 11.2 Å². The summed E-state index contributed by atoms with van der Waals surface area (Å²) in [7, 11) is 3.10. The lowest BCUT2D eigenvalue weighted by molar-refractivity contribution is 0.0935. The van der Waals surface area contributed by atoms with Crippen molar-refractivity contribution in [3.05, 3.63) is 106 Å². The Hall–Kier alpha value is -5.60. The number of aromatic nitrogens is 1. The number of nitrogens with zero attached hydrogens (tertiary/aromatic N) is 1. The van der Waals surface area contributed by atoms with E-state index in [9.17, 15) is 25.2 Å². The van der Waals surface area contributed by atoms with Gasteiger partial charge in [-0.2, -0.15) is 0 Å². The summed E-state index contributed by atoms with van der Waals surface area (Å²) in [5.41, 5.74) is 5.81. The number of fused-ring (bicyclic) bond motifs is 1. The highest BCUT2D eigenvalue weighted by Crippen LogP contribution is 2.36. The number of nitrogens with one attached hydrogen (secondary N) is 2. The highest BCUT2D eigenvalue weighted by atomic mass is 16.5. The summed E-state index contributed by atoms with van der Waals surface area (Å²) in [6, 6.07) is 21.2. The molecule has 0 fully saturated rings. The van der Waals surface area contributed by atoms with E-state index < -0.39 is 6.17 Å². The van der Waals surface area contributed by atoms with Crippen molar-refractivity contribution in [1.82, 2.24) is 10.5 Å². The van der Waals surface area contributed by atoms with Gasteiger partial charge in [0, 0.05) is 34.9 Å². The molecule has 13 heteroatoms. The molecule has 51 heavy (non-hydrogen) atoms. The number of hydrogen-bond acceptors (Lipinski definition) is 12. The summed E-state index contributed by atoms with van der Waals surface area (Å²) in [6.07, 6.45) is 0.0362. The Kier molecular flexibility index (Phi) is 11.0.